The van der Waals surface area contributed by atoms with Crippen molar-refractivity contribution in [1.82, 2.24) is 5.32 Å². The van der Waals surface area contributed by atoms with Gasteiger partial charge in [-0.15, -0.1) is 11.8 Å². The molecule has 31 heavy (non-hydrogen) atoms. The van der Waals surface area contributed by atoms with Gasteiger partial charge in [0, 0.05) is 18.2 Å². The lowest BCUT2D eigenvalue weighted by Gasteiger charge is -2.17. The topological polar surface area (TPSA) is 134 Å². The minimum atomic E-state index is -0.923. The van der Waals surface area contributed by atoms with E-state index in [4.69, 9.17) is 14.6 Å². The second-order valence-corrected chi connectivity index (χ2v) is 8.10. The Bertz CT molecular complexity index is 962. The number of thioether (sulfide) groups is 1. The average Bonchev–Trinajstić information content (AvgIpc) is 2.72. The van der Waals surface area contributed by atoms with Crippen molar-refractivity contribution in [2.24, 2.45) is 5.92 Å². The van der Waals surface area contributed by atoms with Crippen LogP contribution < -0.4 is 15.4 Å². The quantitative estimate of drug-likeness (QED) is 0.405. The van der Waals surface area contributed by atoms with Crippen LogP contribution in [-0.4, -0.2) is 59.9 Å². The summed E-state index contributed by atoms with van der Waals surface area (Å²) in [6.45, 7) is 4.24. The molecule has 0 spiro atoms. The summed E-state index contributed by atoms with van der Waals surface area (Å²) in [5.74, 6) is -0.899. The lowest BCUT2D eigenvalue weighted by molar-refractivity contribution is -0.133. The van der Waals surface area contributed by atoms with E-state index in [-0.39, 0.29) is 41.9 Å². The van der Waals surface area contributed by atoms with E-state index in [0.717, 1.165) is 0 Å². The summed E-state index contributed by atoms with van der Waals surface area (Å²) in [6.07, 6.45) is -0.654. The van der Waals surface area contributed by atoms with Crippen molar-refractivity contribution in [3.05, 3.63) is 29.8 Å². The van der Waals surface area contributed by atoms with E-state index in [9.17, 15) is 19.5 Å². The van der Waals surface area contributed by atoms with Crippen LogP contribution in [0, 0.1) is 5.92 Å². The van der Waals surface area contributed by atoms with E-state index < -0.39 is 18.0 Å². The second kappa shape index (κ2) is 11.3. The van der Waals surface area contributed by atoms with Gasteiger partial charge in [0.15, 0.2) is 0 Å². The number of aromatic hydroxyl groups is 1. The largest absolute Gasteiger partial charge is 0.506 e. The number of carboxylic acids is 1. The third kappa shape index (κ3) is 6.68. The fourth-order valence-corrected chi connectivity index (χ4v) is 3.24. The number of rotatable bonds is 10. The van der Waals surface area contributed by atoms with Gasteiger partial charge in [-0.3, -0.25) is 14.9 Å². The van der Waals surface area contributed by atoms with Gasteiger partial charge in [-0.1, -0.05) is 26.0 Å². The van der Waals surface area contributed by atoms with Crippen LogP contribution in [0.2, 0.25) is 0 Å². The highest BCUT2D eigenvalue weighted by atomic mass is 32.2. The van der Waals surface area contributed by atoms with Crippen LogP contribution in [-0.2, 0) is 9.53 Å². The first kappa shape index (κ1) is 24.1. The first-order valence-corrected chi connectivity index (χ1v) is 10.8. The normalized spacial score (nSPS) is 10.7. The van der Waals surface area contributed by atoms with Crippen molar-refractivity contribution in [2.75, 3.05) is 37.1 Å². The molecule has 4 N–H and O–H groups in total. The molecule has 0 aromatic heterocycles. The maximum Gasteiger partial charge on any atom is 0.411 e. The average molecular weight is 451 g/mol. The van der Waals surface area contributed by atoms with E-state index in [1.54, 1.807) is 18.2 Å². The highest BCUT2D eigenvalue weighted by Crippen LogP contribution is 2.40. The SMILES string of the molecule is CNC(=O)c1cc(OCCSCC(=O)O)c2c(NC(=O)OCC(C)C)cccc2c1O. The number of carbonyl (C=O) groups is 3. The van der Waals surface area contributed by atoms with Crippen LogP contribution >= 0.6 is 11.8 Å². The van der Waals surface area contributed by atoms with E-state index in [1.807, 2.05) is 13.8 Å². The van der Waals surface area contributed by atoms with Gasteiger partial charge in [-0.05, 0) is 18.1 Å². The molecule has 2 aromatic rings. The summed E-state index contributed by atoms with van der Waals surface area (Å²) in [5, 5.41) is 25.2. The lowest BCUT2D eigenvalue weighted by Crippen LogP contribution is -2.19. The van der Waals surface area contributed by atoms with Crippen LogP contribution in [0.5, 0.6) is 11.5 Å². The van der Waals surface area contributed by atoms with E-state index in [0.29, 0.717) is 22.2 Å². The molecule has 2 rings (SSSR count). The Labute approximate surface area is 184 Å². The molecule has 0 bridgehead atoms. The van der Waals surface area contributed by atoms with Crippen molar-refractivity contribution >= 4 is 46.2 Å². The molecule has 0 aliphatic carbocycles. The molecule has 0 heterocycles. The van der Waals surface area contributed by atoms with Crippen molar-refractivity contribution < 1.29 is 34.1 Å². The molecule has 10 heteroatoms. The Kier molecular flexibility index (Phi) is 8.80. The monoisotopic (exact) mass is 450 g/mol. The van der Waals surface area contributed by atoms with Gasteiger partial charge in [-0.25, -0.2) is 4.79 Å². The Morgan fingerprint density at radius 3 is 2.61 bits per heavy atom. The Balaban J connectivity index is 2.40. The van der Waals surface area contributed by atoms with Gasteiger partial charge in [-0.2, -0.15) is 0 Å². The first-order chi connectivity index (χ1) is 14.7. The Morgan fingerprint density at radius 1 is 1.23 bits per heavy atom. The number of aliphatic carboxylic acids is 1. The van der Waals surface area contributed by atoms with Crippen molar-refractivity contribution in [1.29, 1.82) is 0 Å². The van der Waals surface area contributed by atoms with Gasteiger partial charge in [0.05, 0.1) is 35.6 Å². The molecule has 0 fully saturated rings. The minimum absolute atomic E-state index is 0.0164. The summed E-state index contributed by atoms with van der Waals surface area (Å²) in [7, 11) is 1.44. The Morgan fingerprint density at radius 2 is 1.97 bits per heavy atom. The zero-order valence-electron chi connectivity index (χ0n) is 17.6. The molecule has 0 saturated carbocycles. The van der Waals surface area contributed by atoms with E-state index in [1.165, 1.54) is 24.9 Å². The third-order valence-corrected chi connectivity index (χ3v) is 4.97. The van der Waals surface area contributed by atoms with Crippen molar-refractivity contribution in [3.63, 3.8) is 0 Å². The summed E-state index contributed by atoms with van der Waals surface area (Å²) in [4.78, 5) is 35.0. The molecule has 2 aromatic carbocycles. The highest BCUT2D eigenvalue weighted by molar-refractivity contribution is 7.99. The lowest BCUT2D eigenvalue weighted by atomic mass is 10.0. The highest BCUT2D eigenvalue weighted by Gasteiger charge is 2.20. The van der Waals surface area contributed by atoms with Gasteiger partial charge in [0.1, 0.15) is 11.5 Å². The van der Waals surface area contributed by atoms with E-state index >= 15 is 0 Å². The maximum atomic E-state index is 12.2. The number of anilines is 1. The number of nitrogens with one attached hydrogen (secondary N) is 2. The van der Waals surface area contributed by atoms with Crippen LogP contribution in [0.25, 0.3) is 10.8 Å². The number of benzene rings is 2. The van der Waals surface area contributed by atoms with Crippen LogP contribution in [0.15, 0.2) is 24.3 Å². The number of fused-ring (bicyclic) bond motifs is 1. The molecule has 0 saturated heterocycles. The smallest absolute Gasteiger partial charge is 0.411 e. The minimum Gasteiger partial charge on any atom is -0.506 e. The Hall–Kier alpha value is -3.14. The number of phenols is 1. The van der Waals surface area contributed by atoms with Crippen molar-refractivity contribution in [3.8, 4) is 11.5 Å². The fourth-order valence-electron chi connectivity index (χ4n) is 2.72. The fraction of sp³-hybridized carbons (Fsp3) is 0.381. The van der Waals surface area contributed by atoms with Crippen LogP contribution in [0.1, 0.15) is 24.2 Å². The molecule has 0 unspecified atom stereocenters. The third-order valence-electron chi connectivity index (χ3n) is 4.06. The predicted molar refractivity (Wildman–Crippen MR) is 119 cm³/mol. The summed E-state index contributed by atoms with van der Waals surface area (Å²) in [5.41, 5.74) is 0.362. The number of hydrogen-bond donors (Lipinski definition) is 4. The number of phenolic OH excluding ortho intramolecular Hbond substituents is 1. The molecule has 168 valence electrons. The number of carboxylic acid groups (broad SMARTS) is 1. The second-order valence-electron chi connectivity index (χ2n) is 6.99. The number of amides is 2. The standard InChI is InChI=1S/C21H26N2O7S/c1-12(2)10-30-21(28)23-15-6-4-5-13-18(15)16(29-7-8-31-11-17(24)25)9-14(19(13)26)20(27)22-3/h4-6,9,12,26H,7-8,10-11H2,1-3H3,(H,22,27)(H,23,28)(H,24,25). The molecular weight excluding hydrogens is 424 g/mol. The summed E-state index contributed by atoms with van der Waals surface area (Å²) < 4.78 is 11.0. The molecule has 9 nitrogen and oxygen atoms in total. The van der Waals surface area contributed by atoms with Crippen LogP contribution in [0.3, 0.4) is 0 Å². The predicted octanol–water partition coefficient (Wildman–Crippen LogP) is 3.31. The summed E-state index contributed by atoms with van der Waals surface area (Å²) >= 11 is 1.19. The van der Waals surface area contributed by atoms with Gasteiger partial charge >= 0.3 is 12.1 Å². The van der Waals surface area contributed by atoms with Gasteiger partial charge in [0.25, 0.3) is 5.91 Å². The zero-order chi connectivity index (χ0) is 23.0. The van der Waals surface area contributed by atoms with Gasteiger partial charge in [0.2, 0.25) is 0 Å². The number of hydrogen-bond acceptors (Lipinski definition) is 7. The molecule has 0 aliphatic heterocycles. The molecule has 0 atom stereocenters. The maximum absolute atomic E-state index is 12.2. The summed E-state index contributed by atoms with van der Waals surface area (Å²) in [6, 6.07) is 6.25. The molecular formula is C21H26N2O7S. The first-order valence-electron chi connectivity index (χ1n) is 9.61. The number of carbonyl (C=O) groups excluding carboxylic acids is 2. The van der Waals surface area contributed by atoms with Crippen molar-refractivity contribution in [2.45, 2.75) is 13.8 Å². The molecule has 0 radical (unpaired) electrons. The zero-order valence-corrected chi connectivity index (χ0v) is 18.4. The van der Waals surface area contributed by atoms with Gasteiger partial charge < -0.3 is 25.0 Å². The number of ether oxygens (including phenoxy) is 2. The molecule has 2 amide bonds. The van der Waals surface area contributed by atoms with E-state index in [2.05, 4.69) is 10.6 Å². The van der Waals surface area contributed by atoms with Crippen LogP contribution in [0.4, 0.5) is 10.5 Å². The molecule has 0 aliphatic rings.